The van der Waals surface area contributed by atoms with Gasteiger partial charge in [-0.1, -0.05) is 6.07 Å². The second-order valence-electron chi connectivity index (χ2n) is 5.71. The van der Waals surface area contributed by atoms with E-state index in [9.17, 15) is 4.39 Å². The van der Waals surface area contributed by atoms with E-state index in [2.05, 4.69) is 26.1 Å². The first-order valence-corrected chi connectivity index (χ1v) is 7.16. The lowest BCUT2D eigenvalue weighted by molar-refractivity contribution is 0.262. The third-order valence-corrected chi connectivity index (χ3v) is 2.67. The smallest absolute Gasteiger partial charge is 0.161 e. The molecule has 1 aromatic rings. The summed E-state index contributed by atoms with van der Waals surface area (Å²) >= 11 is 0. The van der Waals surface area contributed by atoms with Gasteiger partial charge in [0, 0.05) is 18.5 Å². The standard InChI is InChI=1S/C16H26FNO2/c1-5-19-15-11-13(12-18-16(2,3)4)7-8-14(15)20-10-6-9-17/h7-8,11,18H,5-6,9-10,12H2,1-4H3. The van der Waals surface area contributed by atoms with Gasteiger partial charge in [-0.2, -0.15) is 0 Å². The van der Waals surface area contributed by atoms with Gasteiger partial charge in [-0.3, -0.25) is 4.39 Å². The molecule has 0 unspecified atom stereocenters. The SMILES string of the molecule is CCOc1cc(CNC(C)(C)C)ccc1OCCCF. The predicted octanol–water partition coefficient (Wildman–Crippen LogP) is 3.71. The Bertz CT molecular complexity index is 402. The van der Waals surface area contributed by atoms with E-state index in [1.54, 1.807) is 0 Å². The van der Waals surface area contributed by atoms with Gasteiger partial charge >= 0.3 is 0 Å². The third kappa shape index (κ3) is 6.24. The Morgan fingerprint density at radius 2 is 1.90 bits per heavy atom. The van der Waals surface area contributed by atoms with E-state index in [4.69, 9.17) is 9.47 Å². The van der Waals surface area contributed by atoms with Crippen LogP contribution in [-0.4, -0.2) is 25.4 Å². The summed E-state index contributed by atoms with van der Waals surface area (Å²) in [4.78, 5) is 0. The zero-order valence-corrected chi connectivity index (χ0v) is 13.0. The third-order valence-electron chi connectivity index (χ3n) is 2.67. The minimum absolute atomic E-state index is 0.0715. The van der Waals surface area contributed by atoms with Crippen LogP contribution in [0.25, 0.3) is 0 Å². The molecule has 0 aromatic heterocycles. The molecule has 0 aliphatic heterocycles. The molecule has 0 aliphatic carbocycles. The fourth-order valence-electron chi connectivity index (χ4n) is 1.65. The Balaban J connectivity index is 2.72. The molecule has 1 N–H and O–H groups in total. The van der Waals surface area contributed by atoms with Crippen molar-refractivity contribution in [2.45, 2.75) is 46.2 Å². The summed E-state index contributed by atoms with van der Waals surface area (Å²) < 4.78 is 23.2. The van der Waals surface area contributed by atoms with Crippen LogP contribution < -0.4 is 14.8 Å². The fourth-order valence-corrected chi connectivity index (χ4v) is 1.65. The number of hydrogen-bond donors (Lipinski definition) is 1. The van der Waals surface area contributed by atoms with Crippen LogP contribution in [-0.2, 0) is 6.54 Å². The molecule has 114 valence electrons. The van der Waals surface area contributed by atoms with Crippen molar-refractivity contribution in [2.24, 2.45) is 0 Å². The normalized spacial score (nSPS) is 11.4. The molecule has 1 rings (SSSR count). The number of ether oxygens (including phenoxy) is 2. The van der Waals surface area contributed by atoms with Gasteiger partial charge in [0.1, 0.15) is 0 Å². The highest BCUT2D eigenvalue weighted by atomic mass is 19.1. The van der Waals surface area contributed by atoms with E-state index < -0.39 is 0 Å². The molecule has 0 fully saturated rings. The van der Waals surface area contributed by atoms with Crippen LogP contribution in [0.3, 0.4) is 0 Å². The summed E-state index contributed by atoms with van der Waals surface area (Å²) in [5.74, 6) is 1.40. The molecular weight excluding hydrogens is 257 g/mol. The van der Waals surface area contributed by atoms with Crippen molar-refractivity contribution in [1.29, 1.82) is 0 Å². The molecule has 3 nitrogen and oxygen atoms in total. The van der Waals surface area contributed by atoms with Gasteiger partial charge < -0.3 is 14.8 Å². The van der Waals surface area contributed by atoms with Crippen LogP contribution in [0.2, 0.25) is 0 Å². The molecule has 0 saturated heterocycles. The Labute approximate surface area is 121 Å². The van der Waals surface area contributed by atoms with Crippen LogP contribution in [0.5, 0.6) is 11.5 Å². The van der Waals surface area contributed by atoms with Crippen molar-refractivity contribution in [3.05, 3.63) is 23.8 Å². The second kappa shape index (κ2) is 8.10. The summed E-state index contributed by atoms with van der Waals surface area (Å²) in [5, 5.41) is 3.43. The average Bonchev–Trinajstić information content (AvgIpc) is 2.38. The van der Waals surface area contributed by atoms with Crippen molar-refractivity contribution >= 4 is 0 Å². The highest BCUT2D eigenvalue weighted by molar-refractivity contribution is 5.43. The molecule has 0 spiro atoms. The maximum atomic E-state index is 12.1. The van der Waals surface area contributed by atoms with Crippen molar-refractivity contribution < 1.29 is 13.9 Å². The van der Waals surface area contributed by atoms with E-state index in [0.717, 1.165) is 17.9 Å². The minimum atomic E-state index is -0.364. The van der Waals surface area contributed by atoms with Gasteiger partial charge in [0.25, 0.3) is 0 Å². The topological polar surface area (TPSA) is 30.5 Å². The number of hydrogen-bond acceptors (Lipinski definition) is 3. The van der Waals surface area contributed by atoms with Crippen LogP contribution >= 0.6 is 0 Å². The van der Waals surface area contributed by atoms with Gasteiger partial charge in [-0.05, 0) is 45.4 Å². The van der Waals surface area contributed by atoms with Crippen molar-refractivity contribution in [2.75, 3.05) is 19.9 Å². The van der Waals surface area contributed by atoms with Crippen LogP contribution in [0.15, 0.2) is 18.2 Å². The number of halogens is 1. The summed E-state index contributed by atoms with van der Waals surface area (Å²) in [6, 6.07) is 5.88. The van der Waals surface area contributed by atoms with E-state index in [1.165, 1.54) is 0 Å². The number of alkyl halides is 1. The molecule has 0 aliphatic rings. The summed E-state index contributed by atoms with van der Waals surface area (Å²) in [6.07, 6.45) is 0.402. The first-order chi connectivity index (χ1) is 9.46. The summed E-state index contributed by atoms with van der Waals surface area (Å²) in [6.45, 7) is 9.68. The maximum Gasteiger partial charge on any atom is 0.161 e. The van der Waals surface area contributed by atoms with Crippen molar-refractivity contribution in [3.63, 3.8) is 0 Å². The lowest BCUT2D eigenvalue weighted by Crippen LogP contribution is -2.35. The van der Waals surface area contributed by atoms with E-state index >= 15 is 0 Å². The largest absolute Gasteiger partial charge is 0.490 e. The Hall–Kier alpha value is -1.29. The molecule has 1 aromatic carbocycles. The molecule has 0 heterocycles. The van der Waals surface area contributed by atoms with E-state index in [1.807, 2.05) is 25.1 Å². The molecule has 0 bridgehead atoms. The van der Waals surface area contributed by atoms with Crippen molar-refractivity contribution in [1.82, 2.24) is 5.32 Å². The second-order valence-corrected chi connectivity index (χ2v) is 5.71. The van der Waals surface area contributed by atoms with Crippen LogP contribution in [0.4, 0.5) is 4.39 Å². The van der Waals surface area contributed by atoms with Crippen LogP contribution in [0, 0.1) is 0 Å². The molecule has 0 amide bonds. The minimum Gasteiger partial charge on any atom is -0.490 e. The number of rotatable bonds is 8. The number of nitrogens with one attached hydrogen (secondary N) is 1. The van der Waals surface area contributed by atoms with E-state index in [0.29, 0.717) is 25.4 Å². The first-order valence-electron chi connectivity index (χ1n) is 7.16. The van der Waals surface area contributed by atoms with Gasteiger partial charge in [0.05, 0.1) is 19.9 Å². The van der Waals surface area contributed by atoms with Gasteiger partial charge in [0.2, 0.25) is 0 Å². The number of benzene rings is 1. The molecule has 20 heavy (non-hydrogen) atoms. The Kier molecular flexibility index (Phi) is 6.79. The molecule has 0 radical (unpaired) electrons. The Morgan fingerprint density at radius 3 is 2.50 bits per heavy atom. The predicted molar refractivity (Wildman–Crippen MR) is 80.3 cm³/mol. The van der Waals surface area contributed by atoms with Crippen molar-refractivity contribution in [3.8, 4) is 11.5 Å². The zero-order valence-electron chi connectivity index (χ0n) is 13.0. The maximum absolute atomic E-state index is 12.1. The first kappa shape index (κ1) is 16.8. The quantitative estimate of drug-likeness (QED) is 0.738. The van der Waals surface area contributed by atoms with Gasteiger partial charge in [0.15, 0.2) is 11.5 Å². The monoisotopic (exact) mass is 283 g/mol. The van der Waals surface area contributed by atoms with E-state index in [-0.39, 0.29) is 12.2 Å². The lowest BCUT2D eigenvalue weighted by Gasteiger charge is -2.21. The average molecular weight is 283 g/mol. The van der Waals surface area contributed by atoms with Gasteiger partial charge in [-0.15, -0.1) is 0 Å². The lowest BCUT2D eigenvalue weighted by atomic mass is 10.1. The molecule has 4 heteroatoms. The van der Waals surface area contributed by atoms with Gasteiger partial charge in [-0.25, -0.2) is 0 Å². The fraction of sp³-hybridized carbons (Fsp3) is 0.625. The Morgan fingerprint density at radius 1 is 1.15 bits per heavy atom. The highest BCUT2D eigenvalue weighted by Crippen LogP contribution is 2.28. The molecule has 0 atom stereocenters. The summed E-state index contributed by atoms with van der Waals surface area (Å²) in [5.41, 5.74) is 1.21. The zero-order chi connectivity index (χ0) is 15.0. The van der Waals surface area contributed by atoms with Crippen LogP contribution in [0.1, 0.15) is 39.7 Å². The molecular formula is C16H26FNO2. The molecule has 0 saturated carbocycles. The highest BCUT2D eigenvalue weighted by Gasteiger charge is 2.11. The summed E-state index contributed by atoms with van der Waals surface area (Å²) in [7, 11) is 0.